The maximum atomic E-state index is 9.53. The Labute approximate surface area is 116 Å². The molecule has 1 heterocycles. The Morgan fingerprint density at radius 1 is 0.900 bits per heavy atom. The van der Waals surface area contributed by atoms with Crippen molar-refractivity contribution >= 4 is 28.0 Å². The third-order valence-corrected chi connectivity index (χ3v) is 3.48. The summed E-state index contributed by atoms with van der Waals surface area (Å²) in [6, 6.07) is 19.4. The van der Waals surface area contributed by atoms with Crippen LogP contribution in [0.25, 0.3) is 10.8 Å². The molecule has 0 radical (unpaired) electrons. The van der Waals surface area contributed by atoms with Gasteiger partial charge >= 0.3 is 0 Å². The van der Waals surface area contributed by atoms with Gasteiger partial charge < -0.3 is 10.4 Å². The summed E-state index contributed by atoms with van der Waals surface area (Å²) in [4.78, 5) is 4.65. The number of anilines is 1. The Bertz CT molecular complexity index is 847. The van der Waals surface area contributed by atoms with Crippen LogP contribution in [-0.4, -0.2) is 10.9 Å². The van der Waals surface area contributed by atoms with Gasteiger partial charge in [-0.25, -0.2) is 4.99 Å². The van der Waals surface area contributed by atoms with Gasteiger partial charge in [-0.15, -0.1) is 0 Å². The van der Waals surface area contributed by atoms with E-state index in [0.29, 0.717) is 0 Å². The van der Waals surface area contributed by atoms with Gasteiger partial charge in [0.1, 0.15) is 11.6 Å². The van der Waals surface area contributed by atoms with Crippen LogP contribution in [0.2, 0.25) is 0 Å². The smallest absolute Gasteiger partial charge is 0.139 e. The van der Waals surface area contributed by atoms with Crippen molar-refractivity contribution in [3.63, 3.8) is 0 Å². The average Bonchev–Trinajstić information content (AvgIpc) is 2.80. The lowest BCUT2D eigenvalue weighted by molar-refractivity contribution is 0.475. The highest BCUT2D eigenvalue weighted by atomic mass is 16.3. The Hall–Kier alpha value is -2.81. The number of aromatic hydroxyl groups is 1. The summed E-state index contributed by atoms with van der Waals surface area (Å²) in [5.74, 6) is 1.06. The van der Waals surface area contributed by atoms with E-state index < -0.39 is 0 Å². The van der Waals surface area contributed by atoms with Gasteiger partial charge in [0.25, 0.3) is 0 Å². The summed E-state index contributed by atoms with van der Waals surface area (Å²) in [7, 11) is 0. The molecule has 0 fully saturated rings. The molecule has 0 saturated carbocycles. The van der Waals surface area contributed by atoms with E-state index in [9.17, 15) is 5.11 Å². The van der Waals surface area contributed by atoms with Crippen molar-refractivity contribution in [1.29, 1.82) is 0 Å². The second kappa shape index (κ2) is 4.10. The summed E-state index contributed by atoms with van der Waals surface area (Å²) < 4.78 is 0. The van der Waals surface area contributed by atoms with Gasteiger partial charge in [0.2, 0.25) is 0 Å². The van der Waals surface area contributed by atoms with Crippen LogP contribution in [-0.2, 0) is 0 Å². The Morgan fingerprint density at radius 2 is 1.70 bits per heavy atom. The van der Waals surface area contributed by atoms with Gasteiger partial charge in [-0.3, -0.25) is 0 Å². The molecule has 1 aliphatic rings. The third-order valence-electron chi connectivity index (χ3n) is 3.48. The SMILES string of the molecule is Oc1cccc(NC2=Nc3cccc4cccc2c34)c1. The van der Waals surface area contributed by atoms with Crippen LogP contribution in [0, 0.1) is 0 Å². The molecule has 0 unspecified atom stereocenters. The predicted octanol–water partition coefficient (Wildman–Crippen LogP) is 4.05. The Balaban J connectivity index is 1.81. The Morgan fingerprint density at radius 3 is 2.55 bits per heavy atom. The second-order valence-electron chi connectivity index (χ2n) is 4.82. The molecule has 0 spiro atoms. The molecule has 4 rings (SSSR count). The molecule has 96 valence electrons. The standard InChI is InChI=1S/C17H12N2O/c20-13-7-3-6-12(10-13)18-17-14-8-1-4-11-5-2-9-15(19-17)16(11)14/h1-10,20H,(H,18,19). The lowest BCUT2D eigenvalue weighted by Crippen LogP contribution is -2.11. The first-order valence-electron chi connectivity index (χ1n) is 6.48. The molecule has 1 aliphatic heterocycles. The van der Waals surface area contributed by atoms with E-state index in [2.05, 4.69) is 28.5 Å². The summed E-state index contributed by atoms with van der Waals surface area (Å²) >= 11 is 0. The highest BCUT2D eigenvalue weighted by Crippen LogP contribution is 2.35. The number of phenols is 1. The molecule has 0 bridgehead atoms. The Kier molecular flexibility index (Phi) is 2.27. The van der Waals surface area contributed by atoms with E-state index in [0.717, 1.165) is 22.8 Å². The molecule has 0 aromatic heterocycles. The van der Waals surface area contributed by atoms with Crippen molar-refractivity contribution < 1.29 is 5.11 Å². The van der Waals surface area contributed by atoms with Crippen LogP contribution in [0.4, 0.5) is 11.4 Å². The van der Waals surface area contributed by atoms with E-state index in [1.54, 1.807) is 18.2 Å². The van der Waals surface area contributed by atoms with E-state index in [1.807, 2.05) is 24.3 Å². The maximum absolute atomic E-state index is 9.53. The molecular formula is C17H12N2O. The van der Waals surface area contributed by atoms with Crippen LogP contribution in [0.5, 0.6) is 5.75 Å². The fourth-order valence-electron chi connectivity index (χ4n) is 2.61. The molecule has 20 heavy (non-hydrogen) atoms. The summed E-state index contributed by atoms with van der Waals surface area (Å²) in [6.07, 6.45) is 0. The number of nitrogens with zero attached hydrogens (tertiary/aromatic N) is 1. The van der Waals surface area contributed by atoms with Crippen molar-refractivity contribution in [2.24, 2.45) is 4.99 Å². The molecule has 3 heteroatoms. The molecule has 3 nitrogen and oxygen atoms in total. The van der Waals surface area contributed by atoms with Crippen LogP contribution in [0.15, 0.2) is 65.7 Å². The largest absolute Gasteiger partial charge is 0.508 e. The zero-order valence-corrected chi connectivity index (χ0v) is 10.7. The van der Waals surface area contributed by atoms with Gasteiger partial charge in [0, 0.05) is 22.7 Å². The molecule has 3 aromatic rings. The fraction of sp³-hybridized carbons (Fsp3) is 0. The van der Waals surface area contributed by atoms with Crippen molar-refractivity contribution in [2.75, 3.05) is 5.32 Å². The zero-order chi connectivity index (χ0) is 13.5. The monoisotopic (exact) mass is 260 g/mol. The minimum atomic E-state index is 0.240. The van der Waals surface area contributed by atoms with E-state index in [-0.39, 0.29) is 5.75 Å². The summed E-state index contributed by atoms with van der Waals surface area (Å²) in [5.41, 5.74) is 2.91. The number of nitrogens with one attached hydrogen (secondary N) is 1. The van der Waals surface area contributed by atoms with Crippen LogP contribution < -0.4 is 5.32 Å². The van der Waals surface area contributed by atoms with Gasteiger partial charge in [0.15, 0.2) is 0 Å². The molecule has 0 amide bonds. The molecule has 2 N–H and O–H groups in total. The normalized spacial score (nSPS) is 12.5. The van der Waals surface area contributed by atoms with Crippen molar-refractivity contribution in [3.05, 3.63) is 66.2 Å². The molecular weight excluding hydrogens is 248 g/mol. The number of hydrogen-bond donors (Lipinski definition) is 2. The highest BCUT2D eigenvalue weighted by Gasteiger charge is 2.17. The van der Waals surface area contributed by atoms with Crippen molar-refractivity contribution in [3.8, 4) is 5.75 Å². The number of phenolic OH excluding ortho intramolecular Hbond substituents is 1. The minimum absolute atomic E-state index is 0.240. The number of rotatable bonds is 1. The average molecular weight is 260 g/mol. The fourth-order valence-corrected chi connectivity index (χ4v) is 2.61. The van der Waals surface area contributed by atoms with Gasteiger partial charge in [-0.05, 0) is 23.6 Å². The number of aliphatic imine (C=N–C) groups is 1. The van der Waals surface area contributed by atoms with Crippen LogP contribution in [0.1, 0.15) is 5.56 Å². The van der Waals surface area contributed by atoms with Crippen molar-refractivity contribution in [1.82, 2.24) is 0 Å². The molecule has 3 aromatic carbocycles. The van der Waals surface area contributed by atoms with E-state index in [1.165, 1.54) is 10.8 Å². The van der Waals surface area contributed by atoms with E-state index >= 15 is 0 Å². The topological polar surface area (TPSA) is 44.6 Å². The first-order valence-corrected chi connectivity index (χ1v) is 6.48. The minimum Gasteiger partial charge on any atom is -0.508 e. The highest BCUT2D eigenvalue weighted by molar-refractivity contribution is 6.23. The van der Waals surface area contributed by atoms with Gasteiger partial charge in [-0.2, -0.15) is 0 Å². The third kappa shape index (κ3) is 1.64. The van der Waals surface area contributed by atoms with E-state index in [4.69, 9.17) is 0 Å². The zero-order valence-electron chi connectivity index (χ0n) is 10.7. The van der Waals surface area contributed by atoms with Gasteiger partial charge in [-0.1, -0.05) is 36.4 Å². The summed E-state index contributed by atoms with van der Waals surface area (Å²) in [6.45, 7) is 0. The van der Waals surface area contributed by atoms with Crippen molar-refractivity contribution in [2.45, 2.75) is 0 Å². The maximum Gasteiger partial charge on any atom is 0.139 e. The number of benzene rings is 3. The number of hydrogen-bond acceptors (Lipinski definition) is 3. The molecule has 0 atom stereocenters. The quantitative estimate of drug-likeness (QED) is 0.693. The lowest BCUT2D eigenvalue weighted by atomic mass is 10.0. The van der Waals surface area contributed by atoms with Crippen LogP contribution in [0.3, 0.4) is 0 Å². The predicted molar refractivity (Wildman–Crippen MR) is 81.9 cm³/mol. The van der Waals surface area contributed by atoms with Gasteiger partial charge in [0.05, 0.1) is 5.69 Å². The molecule has 0 aliphatic carbocycles. The lowest BCUT2D eigenvalue weighted by Gasteiger charge is -2.07. The molecule has 0 saturated heterocycles. The summed E-state index contributed by atoms with van der Waals surface area (Å²) in [5, 5.41) is 15.2. The van der Waals surface area contributed by atoms with Crippen LogP contribution >= 0.6 is 0 Å². The number of amidine groups is 1. The first-order chi connectivity index (χ1) is 9.81. The first kappa shape index (κ1) is 11.1. The second-order valence-corrected chi connectivity index (χ2v) is 4.82.